The minimum Gasteiger partial charge on any atom is -0.507 e. The second kappa shape index (κ2) is 3.85. The highest BCUT2D eigenvalue weighted by atomic mass is 32.1. The van der Waals surface area contributed by atoms with Crippen LogP contribution in [0.25, 0.3) is 21.3 Å². The van der Waals surface area contributed by atoms with Gasteiger partial charge < -0.3 is 10.2 Å². The molecule has 5 nitrogen and oxygen atoms in total. The number of aromatic carboxylic acids is 1. The Labute approximate surface area is 105 Å². The van der Waals surface area contributed by atoms with E-state index in [2.05, 4.69) is 10.2 Å². The Morgan fingerprint density at radius 3 is 2.89 bits per heavy atom. The average molecular weight is 260 g/mol. The highest BCUT2D eigenvalue weighted by Gasteiger charge is 2.14. The smallest absolute Gasteiger partial charge is 0.353 e. The number of nitrogens with one attached hydrogen (secondary N) is 1. The van der Waals surface area contributed by atoms with Crippen LogP contribution in [0.1, 0.15) is 10.5 Å². The summed E-state index contributed by atoms with van der Waals surface area (Å²) in [6, 6.07) is 6.83. The number of aromatic amines is 1. The first-order valence-corrected chi connectivity index (χ1v) is 6.03. The van der Waals surface area contributed by atoms with Crippen molar-refractivity contribution in [3.8, 4) is 17.0 Å². The van der Waals surface area contributed by atoms with Crippen LogP contribution in [0.4, 0.5) is 0 Å². The average Bonchev–Trinajstić information content (AvgIpc) is 2.97. The van der Waals surface area contributed by atoms with Crippen LogP contribution < -0.4 is 0 Å². The minimum absolute atomic E-state index is 0.00480. The molecule has 2 aromatic heterocycles. The number of hydrogen-bond donors (Lipinski definition) is 3. The Bertz CT molecular complexity index is 745. The second-order valence-corrected chi connectivity index (χ2v) is 4.71. The van der Waals surface area contributed by atoms with E-state index in [0.29, 0.717) is 11.3 Å². The fraction of sp³-hybridized carbons (Fsp3) is 0. The second-order valence-electron chi connectivity index (χ2n) is 3.77. The van der Waals surface area contributed by atoms with E-state index in [1.165, 1.54) is 17.4 Å². The van der Waals surface area contributed by atoms with Crippen LogP contribution in [0.3, 0.4) is 0 Å². The largest absolute Gasteiger partial charge is 0.507 e. The van der Waals surface area contributed by atoms with E-state index < -0.39 is 5.97 Å². The topological polar surface area (TPSA) is 86.2 Å². The molecule has 2 heterocycles. The Hall–Kier alpha value is -2.34. The van der Waals surface area contributed by atoms with Crippen molar-refractivity contribution in [1.29, 1.82) is 0 Å². The number of H-pyrrole nitrogens is 1. The van der Waals surface area contributed by atoms with Gasteiger partial charge in [-0.2, -0.15) is 5.10 Å². The van der Waals surface area contributed by atoms with Gasteiger partial charge in [-0.25, -0.2) is 4.79 Å². The Morgan fingerprint density at radius 1 is 1.33 bits per heavy atom. The molecule has 6 heteroatoms. The molecule has 0 saturated heterocycles. The van der Waals surface area contributed by atoms with Gasteiger partial charge in [0.25, 0.3) is 0 Å². The van der Waals surface area contributed by atoms with E-state index in [-0.39, 0.29) is 11.4 Å². The molecule has 90 valence electrons. The number of aromatic nitrogens is 2. The summed E-state index contributed by atoms with van der Waals surface area (Å²) in [6.45, 7) is 0. The number of phenolic OH excluding ortho intramolecular Hbond substituents is 1. The van der Waals surface area contributed by atoms with Gasteiger partial charge in [0.15, 0.2) is 0 Å². The lowest BCUT2D eigenvalue weighted by Crippen LogP contribution is -1.95. The molecule has 0 aliphatic rings. The molecule has 0 bridgehead atoms. The predicted octanol–water partition coefficient (Wildman–Crippen LogP) is 2.70. The van der Waals surface area contributed by atoms with Gasteiger partial charge >= 0.3 is 5.97 Å². The van der Waals surface area contributed by atoms with Crippen LogP contribution in [0.5, 0.6) is 5.75 Å². The lowest BCUT2D eigenvalue weighted by atomic mass is 10.1. The molecule has 3 aromatic rings. The predicted molar refractivity (Wildman–Crippen MR) is 68.0 cm³/mol. The van der Waals surface area contributed by atoms with E-state index in [0.717, 1.165) is 10.1 Å². The van der Waals surface area contributed by atoms with Crippen LogP contribution >= 0.6 is 11.3 Å². The summed E-state index contributed by atoms with van der Waals surface area (Å²) in [5, 5.41) is 27.9. The van der Waals surface area contributed by atoms with Gasteiger partial charge in [-0.15, -0.1) is 11.3 Å². The standard InChI is InChI=1S/C12H8N2O3S/c15-11-6(1-2-10-7(11)3-4-18-10)8-5-9(12(16)17)14-13-8/h1-5,15H,(H,13,14)(H,16,17). The zero-order valence-electron chi connectivity index (χ0n) is 9.04. The minimum atomic E-state index is -1.08. The lowest BCUT2D eigenvalue weighted by Gasteiger charge is -2.01. The van der Waals surface area contributed by atoms with Crippen molar-refractivity contribution in [3.63, 3.8) is 0 Å². The van der Waals surface area contributed by atoms with Crippen LogP contribution in [-0.4, -0.2) is 26.4 Å². The number of fused-ring (bicyclic) bond motifs is 1. The van der Waals surface area contributed by atoms with Crippen LogP contribution in [0, 0.1) is 0 Å². The van der Waals surface area contributed by atoms with Gasteiger partial charge in [-0.3, -0.25) is 5.10 Å². The quantitative estimate of drug-likeness (QED) is 0.661. The van der Waals surface area contributed by atoms with E-state index >= 15 is 0 Å². The normalized spacial score (nSPS) is 10.9. The molecular formula is C12H8N2O3S. The third-order valence-corrected chi connectivity index (χ3v) is 3.57. The molecule has 0 saturated carbocycles. The van der Waals surface area contributed by atoms with Crippen LogP contribution in [0.15, 0.2) is 29.6 Å². The number of carboxylic acids is 1. The summed E-state index contributed by atoms with van der Waals surface area (Å²) in [7, 11) is 0. The number of benzene rings is 1. The number of carboxylic acid groups (broad SMARTS) is 1. The highest BCUT2D eigenvalue weighted by molar-refractivity contribution is 7.17. The lowest BCUT2D eigenvalue weighted by molar-refractivity contribution is 0.0690. The molecule has 0 atom stereocenters. The molecule has 0 unspecified atom stereocenters. The molecule has 0 amide bonds. The Morgan fingerprint density at radius 2 is 2.17 bits per heavy atom. The fourth-order valence-corrected chi connectivity index (χ4v) is 2.59. The first-order chi connectivity index (χ1) is 8.66. The van der Waals surface area contributed by atoms with Crippen molar-refractivity contribution in [3.05, 3.63) is 35.3 Å². The maximum absolute atomic E-state index is 10.8. The zero-order chi connectivity index (χ0) is 12.7. The molecule has 3 N–H and O–H groups in total. The molecule has 0 aliphatic heterocycles. The fourth-order valence-electron chi connectivity index (χ4n) is 1.80. The SMILES string of the molecule is O=C(O)c1cc(-c2ccc3sccc3c2O)n[nH]1. The first kappa shape index (κ1) is 10.8. The van der Waals surface area contributed by atoms with Crippen LogP contribution in [0.2, 0.25) is 0 Å². The molecule has 0 radical (unpaired) electrons. The summed E-state index contributed by atoms with van der Waals surface area (Å²) >= 11 is 1.53. The first-order valence-electron chi connectivity index (χ1n) is 5.15. The number of aromatic hydroxyl groups is 1. The third-order valence-electron chi connectivity index (χ3n) is 2.69. The van der Waals surface area contributed by atoms with Gasteiger partial charge in [-0.05, 0) is 29.6 Å². The zero-order valence-corrected chi connectivity index (χ0v) is 9.86. The number of nitrogens with zero attached hydrogens (tertiary/aromatic N) is 1. The summed E-state index contributed by atoms with van der Waals surface area (Å²) in [5.74, 6) is -0.956. The number of carbonyl (C=O) groups is 1. The van der Waals surface area contributed by atoms with Crippen molar-refractivity contribution >= 4 is 27.4 Å². The molecule has 3 rings (SSSR count). The molecule has 1 aromatic carbocycles. The van der Waals surface area contributed by atoms with Crippen molar-refractivity contribution < 1.29 is 15.0 Å². The molecule has 0 fully saturated rings. The number of phenols is 1. The maximum atomic E-state index is 10.8. The van der Waals surface area contributed by atoms with E-state index in [4.69, 9.17) is 5.11 Å². The highest BCUT2D eigenvalue weighted by Crippen LogP contribution is 2.37. The van der Waals surface area contributed by atoms with E-state index in [1.54, 1.807) is 6.07 Å². The molecular weight excluding hydrogens is 252 g/mol. The monoisotopic (exact) mass is 260 g/mol. The molecule has 18 heavy (non-hydrogen) atoms. The van der Waals surface area contributed by atoms with Crippen molar-refractivity contribution in [2.75, 3.05) is 0 Å². The van der Waals surface area contributed by atoms with E-state index in [9.17, 15) is 9.90 Å². The Kier molecular flexibility index (Phi) is 2.31. The summed E-state index contributed by atoms with van der Waals surface area (Å²) in [6.07, 6.45) is 0. The van der Waals surface area contributed by atoms with Crippen LogP contribution in [-0.2, 0) is 0 Å². The number of thiophene rings is 1. The van der Waals surface area contributed by atoms with Gasteiger partial charge in [0, 0.05) is 15.6 Å². The van der Waals surface area contributed by atoms with Gasteiger partial charge in [0.2, 0.25) is 0 Å². The van der Waals surface area contributed by atoms with Gasteiger partial charge in [0.1, 0.15) is 11.4 Å². The Balaban J connectivity index is 2.18. The van der Waals surface area contributed by atoms with Crippen molar-refractivity contribution in [1.82, 2.24) is 10.2 Å². The summed E-state index contributed by atoms with van der Waals surface area (Å²) < 4.78 is 0.977. The number of rotatable bonds is 2. The van der Waals surface area contributed by atoms with Crippen molar-refractivity contribution in [2.45, 2.75) is 0 Å². The third kappa shape index (κ3) is 1.54. The van der Waals surface area contributed by atoms with E-state index in [1.807, 2.05) is 17.5 Å². The van der Waals surface area contributed by atoms with Gasteiger partial charge in [-0.1, -0.05) is 0 Å². The summed E-state index contributed by atoms with van der Waals surface area (Å²) in [4.78, 5) is 10.8. The van der Waals surface area contributed by atoms with Crippen molar-refractivity contribution in [2.24, 2.45) is 0 Å². The summed E-state index contributed by atoms with van der Waals surface area (Å²) in [5.41, 5.74) is 0.928. The molecule has 0 aliphatic carbocycles. The number of hydrogen-bond acceptors (Lipinski definition) is 4. The van der Waals surface area contributed by atoms with Gasteiger partial charge in [0.05, 0.1) is 5.69 Å². The maximum Gasteiger partial charge on any atom is 0.353 e. The molecule has 0 spiro atoms.